The number of aromatic nitrogens is 3. The molecule has 0 amide bonds. The van der Waals surface area contributed by atoms with E-state index in [4.69, 9.17) is 19.1 Å². The van der Waals surface area contributed by atoms with E-state index >= 15 is 0 Å². The maximum atomic E-state index is 6.41. The van der Waals surface area contributed by atoms with Crippen LogP contribution in [0.1, 0.15) is 12.2 Å². The second kappa shape index (κ2) is 7.30. The Bertz CT molecular complexity index is 1290. The first-order valence-corrected chi connectivity index (χ1v) is 11.5. The molecule has 0 radical (unpaired) electrons. The van der Waals surface area contributed by atoms with Gasteiger partial charge in [0.1, 0.15) is 11.3 Å². The Kier molecular flexibility index (Phi) is 4.25. The molecule has 3 aliphatic heterocycles. The van der Waals surface area contributed by atoms with Crippen LogP contribution in [-0.4, -0.2) is 71.3 Å². The van der Waals surface area contributed by atoms with Crippen LogP contribution in [0.4, 0.5) is 5.82 Å². The van der Waals surface area contributed by atoms with Gasteiger partial charge in [-0.2, -0.15) is 0 Å². The minimum absolute atomic E-state index is 0.611. The molecule has 0 unspecified atom stereocenters. The first kappa shape index (κ1) is 18.6. The van der Waals surface area contributed by atoms with Gasteiger partial charge in [0, 0.05) is 67.0 Å². The minimum Gasteiger partial charge on any atom is -0.454 e. The number of hydrogen-bond acceptors (Lipinski definition) is 7. The van der Waals surface area contributed by atoms with E-state index in [9.17, 15) is 0 Å². The molecule has 2 N–H and O–H groups in total. The third-order valence-corrected chi connectivity index (χ3v) is 7.08. The monoisotopic (exact) mass is 430 g/mol. The first-order valence-electron chi connectivity index (χ1n) is 11.5. The molecule has 32 heavy (non-hydrogen) atoms. The van der Waals surface area contributed by atoms with Crippen LogP contribution < -0.4 is 10.2 Å². The topological polar surface area (TPSA) is 82.4 Å². The van der Waals surface area contributed by atoms with Crippen molar-refractivity contribution in [1.29, 1.82) is 0 Å². The van der Waals surface area contributed by atoms with Gasteiger partial charge in [-0.25, -0.2) is 9.97 Å². The van der Waals surface area contributed by atoms with E-state index < -0.39 is 0 Å². The largest absolute Gasteiger partial charge is 0.454 e. The number of nitrogens with zero attached hydrogens (tertiary/aromatic N) is 4. The van der Waals surface area contributed by atoms with Gasteiger partial charge in [-0.3, -0.25) is 4.90 Å². The number of aromatic amines is 1. The number of piperazine rings is 1. The molecule has 0 spiro atoms. The molecular formula is C24H26N6O2. The van der Waals surface area contributed by atoms with Crippen LogP contribution in [-0.2, 0) is 11.3 Å². The molecule has 0 saturated carbocycles. The molecule has 0 aliphatic carbocycles. The molecule has 8 nitrogen and oxygen atoms in total. The van der Waals surface area contributed by atoms with Crippen molar-refractivity contribution >= 4 is 27.8 Å². The van der Waals surface area contributed by atoms with Gasteiger partial charge in [-0.05, 0) is 18.6 Å². The van der Waals surface area contributed by atoms with Gasteiger partial charge in [0.15, 0.2) is 17.2 Å². The number of H-pyrrole nitrogens is 1. The van der Waals surface area contributed by atoms with E-state index in [1.165, 1.54) is 6.42 Å². The first-order chi connectivity index (χ1) is 15.8. The van der Waals surface area contributed by atoms with Gasteiger partial charge in [-0.1, -0.05) is 12.1 Å². The Morgan fingerprint density at radius 3 is 2.91 bits per heavy atom. The van der Waals surface area contributed by atoms with Crippen molar-refractivity contribution in [3.05, 3.63) is 42.3 Å². The van der Waals surface area contributed by atoms with Crippen molar-refractivity contribution in [2.45, 2.75) is 25.0 Å². The normalized spacial score (nSPS) is 23.7. The second-order valence-electron chi connectivity index (χ2n) is 9.07. The Morgan fingerprint density at radius 1 is 1.12 bits per heavy atom. The molecule has 164 valence electrons. The number of ether oxygens (including phenoxy) is 1. The number of fused-ring (bicyclic) bond motifs is 4. The molecule has 1 aromatic carbocycles. The average molecular weight is 431 g/mol. The third kappa shape index (κ3) is 3.02. The lowest BCUT2D eigenvalue weighted by Crippen LogP contribution is -2.42. The van der Waals surface area contributed by atoms with Gasteiger partial charge < -0.3 is 24.4 Å². The van der Waals surface area contributed by atoms with Crippen LogP contribution in [0.2, 0.25) is 0 Å². The summed E-state index contributed by atoms with van der Waals surface area (Å²) < 4.78 is 12.0. The Labute approximate surface area is 185 Å². The summed E-state index contributed by atoms with van der Waals surface area (Å²) >= 11 is 0. The summed E-state index contributed by atoms with van der Waals surface area (Å²) in [4.78, 5) is 18.1. The summed E-state index contributed by atoms with van der Waals surface area (Å²) in [6.45, 7) is 6.00. The van der Waals surface area contributed by atoms with E-state index in [1.54, 1.807) is 0 Å². The molecule has 2 atom stereocenters. The molecule has 3 saturated heterocycles. The van der Waals surface area contributed by atoms with Crippen LogP contribution >= 0.6 is 0 Å². The van der Waals surface area contributed by atoms with E-state index in [2.05, 4.69) is 44.4 Å². The van der Waals surface area contributed by atoms with Gasteiger partial charge in [0.05, 0.1) is 19.8 Å². The number of anilines is 1. The number of morpholine rings is 1. The van der Waals surface area contributed by atoms with Gasteiger partial charge in [-0.15, -0.1) is 0 Å². The molecule has 4 aromatic rings. The fraction of sp³-hybridized carbons (Fsp3) is 0.417. The maximum absolute atomic E-state index is 6.41. The van der Waals surface area contributed by atoms with Crippen molar-refractivity contribution in [3.63, 3.8) is 0 Å². The molecule has 8 heteroatoms. The molecule has 6 heterocycles. The third-order valence-electron chi connectivity index (χ3n) is 7.08. The van der Waals surface area contributed by atoms with E-state index in [0.29, 0.717) is 25.3 Å². The highest BCUT2D eigenvalue weighted by atomic mass is 16.5. The minimum atomic E-state index is 0.611. The lowest BCUT2D eigenvalue weighted by Gasteiger charge is -2.28. The highest BCUT2D eigenvalue weighted by molar-refractivity contribution is 5.95. The van der Waals surface area contributed by atoms with Crippen LogP contribution in [0.5, 0.6) is 0 Å². The number of rotatable bonds is 4. The number of nitrogens with one attached hydrogen (secondary N) is 2. The predicted molar refractivity (Wildman–Crippen MR) is 123 cm³/mol. The molecule has 7 rings (SSSR count). The standard InChI is InChI=1S/C24H26N6O2/c1-2-19(18-4-5-25-20(18)3-1)23-27-21-11-17(14-30-13-15-10-16(30)12-26-15)32-22(21)24(28-23)29-6-8-31-9-7-29/h1-5,11,15-16,25-26H,6-10,12-14H2/t15-,16+/m0/s1. The Morgan fingerprint density at radius 2 is 2.06 bits per heavy atom. The van der Waals surface area contributed by atoms with Crippen LogP contribution in [0.25, 0.3) is 33.4 Å². The second-order valence-corrected chi connectivity index (χ2v) is 9.07. The lowest BCUT2D eigenvalue weighted by molar-refractivity contribution is 0.122. The summed E-state index contributed by atoms with van der Waals surface area (Å²) in [6.07, 6.45) is 3.20. The molecule has 3 fully saturated rings. The van der Waals surface area contributed by atoms with Crippen molar-refractivity contribution in [2.24, 2.45) is 0 Å². The van der Waals surface area contributed by atoms with Gasteiger partial charge >= 0.3 is 0 Å². The summed E-state index contributed by atoms with van der Waals surface area (Å²) in [5.74, 6) is 2.58. The lowest BCUT2D eigenvalue weighted by atomic mass is 10.1. The highest BCUT2D eigenvalue weighted by Gasteiger charge is 2.37. The van der Waals surface area contributed by atoms with E-state index in [0.717, 1.165) is 77.7 Å². The van der Waals surface area contributed by atoms with Crippen molar-refractivity contribution < 1.29 is 9.15 Å². The maximum Gasteiger partial charge on any atom is 0.195 e. The number of hydrogen-bond donors (Lipinski definition) is 2. The smallest absolute Gasteiger partial charge is 0.195 e. The average Bonchev–Trinajstić information content (AvgIpc) is 3.62. The van der Waals surface area contributed by atoms with Crippen molar-refractivity contribution in [1.82, 2.24) is 25.2 Å². The summed E-state index contributed by atoms with van der Waals surface area (Å²) in [5.41, 5.74) is 3.78. The zero-order valence-corrected chi connectivity index (χ0v) is 17.9. The Balaban J connectivity index is 1.33. The zero-order chi connectivity index (χ0) is 21.1. The quantitative estimate of drug-likeness (QED) is 0.515. The number of benzene rings is 1. The fourth-order valence-electron chi connectivity index (χ4n) is 5.47. The summed E-state index contributed by atoms with van der Waals surface area (Å²) in [6, 6.07) is 11.7. The Hall–Kier alpha value is -2.94. The van der Waals surface area contributed by atoms with Crippen LogP contribution in [0.15, 0.2) is 40.9 Å². The van der Waals surface area contributed by atoms with E-state index in [1.807, 2.05) is 12.3 Å². The molecule has 2 bridgehead atoms. The molecular weight excluding hydrogens is 404 g/mol. The van der Waals surface area contributed by atoms with Crippen molar-refractivity contribution in [3.8, 4) is 11.4 Å². The number of likely N-dealkylation sites (tertiary alicyclic amines) is 1. The van der Waals surface area contributed by atoms with Gasteiger partial charge in [0.2, 0.25) is 0 Å². The summed E-state index contributed by atoms with van der Waals surface area (Å²) in [5, 5.41) is 4.70. The zero-order valence-electron chi connectivity index (χ0n) is 17.9. The molecule has 3 aromatic heterocycles. The van der Waals surface area contributed by atoms with E-state index in [-0.39, 0.29) is 0 Å². The van der Waals surface area contributed by atoms with Crippen LogP contribution in [0.3, 0.4) is 0 Å². The molecule has 3 aliphatic rings. The summed E-state index contributed by atoms with van der Waals surface area (Å²) in [7, 11) is 0. The van der Waals surface area contributed by atoms with Crippen molar-refractivity contribution in [2.75, 3.05) is 44.3 Å². The fourth-order valence-corrected chi connectivity index (χ4v) is 5.47. The highest BCUT2D eigenvalue weighted by Crippen LogP contribution is 2.34. The van der Waals surface area contributed by atoms with Crippen LogP contribution in [0, 0.1) is 0 Å². The number of furan rings is 1. The predicted octanol–water partition coefficient (Wildman–Crippen LogP) is 2.75. The van der Waals surface area contributed by atoms with Gasteiger partial charge in [0.25, 0.3) is 0 Å². The SMILES string of the molecule is c1cc(-c2nc(N3CCOCC3)c3oc(CN4C[C@@H]5C[C@@H]4CN5)cc3n2)c2cc[nH]c2c1.